The van der Waals surface area contributed by atoms with Crippen molar-refractivity contribution >= 4 is 23.3 Å². The molecular formula is C18H25N3O2. The van der Waals surface area contributed by atoms with Crippen molar-refractivity contribution in [1.29, 1.82) is 0 Å². The summed E-state index contributed by atoms with van der Waals surface area (Å²) in [5.41, 5.74) is 1.61. The molecule has 5 nitrogen and oxygen atoms in total. The van der Waals surface area contributed by atoms with Crippen LogP contribution in [0.3, 0.4) is 0 Å². The molecule has 1 heterocycles. The van der Waals surface area contributed by atoms with Crippen LogP contribution in [0.5, 0.6) is 0 Å². The zero-order chi connectivity index (χ0) is 16.1. The van der Waals surface area contributed by atoms with Crippen LogP contribution >= 0.6 is 0 Å². The summed E-state index contributed by atoms with van der Waals surface area (Å²) in [6, 6.07) is 7.51. The highest BCUT2D eigenvalue weighted by atomic mass is 16.2. The molecule has 1 aromatic rings. The molecular weight excluding hydrogens is 290 g/mol. The number of urea groups is 1. The van der Waals surface area contributed by atoms with E-state index in [1.165, 1.54) is 12.8 Å². The van der Waals surface area contributed by atoms with Gasteiger partial charge in [0.05, 0.1) is 0 Å². The summed E-state index contributed by atoms with van der Waals surface area (Å²) < 4.78 is 0. The first kappa shape index (κ1) is 15.8. The summed E-state index contributed by atoms with van der Waals surface area (Å²) in [6.07, 6.45) is 7.68. The number of nitrogens with one attached hydrogen (secondary N) is 2. The van der Waals surface area contributed by atoms with Gasteiger partial charge >= 0.3 is 6.03 Å². The van der Waals surface area contributed by atoms with Gasteiger partial charge in [0.2, 0.25) is 5.91 Å². The van der Waals surface area contributed by atoms with Crippen molar-refractivity contribution in [2.45, 2.75) is 44.9 Å². The molecule has 124 valence electrons. The molecule has 3 amide bonds. The van der Waals surface area contributed by atoms with E-state index in [4.69, 9.17) is 0 Å². The van der Waals surface area contributed by atoms with Gasteiger partial charge in [-0.25, -0.2) is 4.79 Å². The van der Waals surface area contributed by atoms with Crippen LogP contribution in [-0.4, -0.2) is 25.0 Å². The first-order chi connectivity index (χ1) is 11.2. The number of hydrogen-bond donors (Lipinski definition) is 2. The molecule has 1 aliphatic carbocycles. The van der Waals surface area contributed by atoms with E-state index in [-0.39, 0.29) is 17.9 Å². The van der Waals surface area contributed by atoms with E-state index in [9.17, 15) is 9.59 Å². The molecule has 0 aromatic heterocycles. The molecule has 2 N–H and O–H groups in total. The average molecular weight is 315 g/mol. The van der Waals surface area contributed by atoms with Gasteiger partial charge in [0.1, 0.15) is 0 Å². The third-order valence-corrected chi connectivity index (χ3v) is 4.73. The number of nitrogens with zero attached hydrogens (tertiary/aromatic N) is 1. The fourth-order valence-electron chi connectivity index (χ4n) is 3.41. The van der Waals surface area contributed by atoms with Crippen LogP contribution in [0.2, 0.25) is 0 Å². The number of hydrogen-bond acceptors (Lipinski definition) is 2. The summed E-state index contributed by atoms with van der Waals surface area (Å²) in [4.78, 5) is 26.1. The van der Waals surface area contributed by atoms with E-state index >= 15 is 0 Å². The summed E-state index contributed by atoms with van der Waals surface area (Å²) in [5, 5.41) is 5.89. The number of carbonyl (C=O) groups excluding carboxylic acids is 2. The number of amides is 3. The van der Waals surface area contributed by atoms with Crippen molar-refractivity contribution in [3.8, 4) is 0 Å². The van der Waals surface area contributed by atoms with Crippen LogP contribution in [0.15, 0.2) is 24.3 Å². The average Bonchev–Trinajstić information content (AvgIpc) is 2.85. The lowest BCUT2D eigenvalue weighted by molar-refractivity contribution is -0.120. The standard InChI is InChI=1S/C18H25N3O2/c22-17(14-7-3-1-2-4-8-14)20-15-9-5-10-16(13-15)21-12-6-11-19-18(21)23/h5,9-10,13-14H,1-4,6-8,11-12H2,(H,19,23)(H,20,22). The minimum Gasteiger partial charge on any atom is -0.338 e. The summed E-state index contributed by atoms with van der Waals surface area (Å²) in [7, 11) is 0. The van der Waals surface area contributed by atoms with Gasteiger partial charge in [-0.2, -0.15) is 0 Å². The van der Waals surface area contributed by atoms with Crippen LogP contribution in [0.1, 0.15) is 44.9 Å². The van der Waals surface area contributed by atoms with Crippen molar-refractivity contribution < 1.29 is 9.59 Å². The highest BCUT2D eigenvalue weighted by molar-refractivity contribution is 5.95. The smallest absolute Gasteiger partial charge is 0.321 e. The van der Waals surface area contributed by atoms with E-state index in [2.05, 4.69) is 10.6 Å². The summed E-state index contributed by atoms with van der Waals surface area (Å²) in [5.74, 6) is 0.242. The molecule has 5 heteroatoms. The predicted octanol–water partition coefficient (Wildman–Crippen LogP) is 3.52. The van der Waals surface area contributed by atoms with E-state index in [1.54, 1.807) is 4.90 Å². The zero-order valence-corrected chi connectivity index (χ0v) is 13.5. The normalized spacial score (nSPS) is 19.8. The number of rotatable bonds is 3. The maximum absolute atomic E-state index is 12.5. The van der Waals surface area contributed by atoms with Gasteiger partial charge in [0, 0.05) is 30.4 Å². The third kappa shape index (κ3) is 4.03. The van der Waals surface area contributed by atoms with Gasteiger partial charge in [0.25, 0.3) is 0 Å². The minimum absolute atomic E-state index is 0.0662. The second kappa shape index (κ2) is 7.49. The Morgan fingerprint density at radius 2 is 1.91 bits per heavy atom. The Morgan fingerprint density at radius 1 is 1.13 bits per heavy atom. The number of benzene rings is 1. The van der Waals surface area contributed by atoms with Crippen LogP contribution in [0, 0.1) is 5.92 Å². The second-order valence-corrected chi connectivity index (χ2v) is 6.47. The lowest BCUT2D eigenvalue weighted by Crippen LogP contribution is -2.46. The first-order valence-electron chi connectivity index (χ1n) is 8.70. The molecule has 0 radical (unpaired) electrons. The fraction of sp³-hybridized carbons (Fsp3) is 0.556. The second-order valence-electron chi connectivity index (χ2n) is 6.47. The zero-order valence-electron chi connectivity index (χ0n) is 13.5. The molecule has 1 saturated carbocycles. The summed E-state index contributed by atoms with van der Waals surface area (Å²) >= 11 is 0. The Kier molecular flexibility index (Phi) is 5.16. The Bertz CT molecular complexity index is 565. The van der Waals surface area contributed by atoms with E-state index in [0.717, 1.165) is 50.0 Å². The van der Waals surface area contributed by atoms with E-state index in [1.807, 2.05) is 24.3 Å². The Labute approximate surface area is 137 Å². The number of carbonyl (C=O) groups is 2. The summed E-state index contributed by atoms with van der Waals surface area (Å²) in [6.45, 7) is 1.44. The van der Waals surface area contributed by atoms with Crippen LogP contribution in [0.4, 0.5) is 16.2 Å². The lowest BCUT2D eigenvalue weighted by Gasteiger charge is -2.27. The molecule has 1 aliphatic heterocycles. The highest BCUT2D eigenvalue weighted by Gasteiger charge is 2.22. The Morgan fingerprint density at radius 3 is 2.65 bits per heavy atom. The van der Waals surface area contributed by atoms with Gasteiger partial charge in [-0.1, -0.05) is 31.7 Å². The topological polar surface area (TPSA) is 61.4 Å². The van der Waals surface area contributed by atoms with E-state index < -0.39 is 0 Å². The van der Waals surface area contributed by atoms with Gasteiger partial charge in [0.15, 0.2) is 0 Å². The lowest BCUT2D eigenvalue weighted by atomic mass is 9.99. The molecule has 0 bridgehead atoms. The van der Waals surface area contributed by atoms with Crippen molar-refractivity contribution in [2.75, 3.05) is 23.3 Å². The molecule has 23 heavy (non-hydrogen) atoms. The predicted molar refractivity (Wildman–Crippen MR) is 91.6 cm³/mol. The maximum Gasteiger partial charge on any atom is 0.321 e. The number of anilines is 2. The largest absolute Gasteiger partial charge is 0.338 e. The van der Waals surface area contributed by atoms with Crippen molar-refractivity contribution in [3.05, 3.63) is 24.3 Å². The first-order valence-corrected chi connectivity index (χ1v) is 8.70. The fourth-order valence-corrected chi connectivity index (χ4v) is 3.41. The van der Waals surface area contributed by atoms with Gasteiger partial charge < -0.3 is 10.6 Å². The van der Waals surface area contributed by atoms with Crippen molar-refractivity contribution in [1.82, 2.24) is 5.32 Å². The van der Waals surface area contributed by atoms with Gasteiger partial charge in [-0.05, 0) is 37.5 Å². The minimum atomic E-state index is -0.0662. The molecule has 2 fully saturated rings. The van der Waals surface area contributed by atoms with E-state index in [0.29, 0.717) is 6.54 Å². The van der Waals surface area contributed by atoms with Crippen LogP contribution in [0.25, 0.3) is 0 Å². The van der Waals surface area contributed by atoms with Crippen LogP contribution in [-0.2, 0) is 4.79 Å². The monoisotopic (exact) mass is 315 g/mol. The molecule has 1 saturated heterocycles. The Hall–Kier alpha value is -2.04. The van der Waals surface area contributed by atoms with Crippen LogP contribution < -0.4 is 15.5 Å². The molecule has 0 unspecified atom stereocenters. The van der Waals surface area contributed by atoms with Gasteiger partial charge in [-0.15, -0.1) is 0 Å². The SMILES string of the molecule is O=C(Nc1cccc(N2CCCNC2=O)c1)C1CCCCCC1. The quantitative estimate of drug-likeness (QED) is 0.838. The molecule has 3 rings (SSSR count). The van der Waals surface area contributed by atoms with Crippen molar-refractivity contribution in [3.63, 3.8) is 0 Å². The third-order valence-electron chi connectivity index (χ3n) is 4.73. The molecule has 1 aromatic carbocycles. The molecule has 0 spiro atoms. The molecule has 0 atom stereocenters. The Balaban J connectivity index is 1.67. The molecule has 2 aliphatic rings. The highest BCUT2D eigenvalue weighted by Crippen LogP contribution is 2.26. The van der Waals surface area contributed by atoms with Gasteiger partial charge in [-0.3, -0.25) is 9.69 Å². The maximum atomic E-state index is 12.5. The van der Waals surface area contributed by atoms with Crippen molar-refractivity contribution in [2.24, 2.45) is 5.92 Å².